The Morgan fingerprint density at radius 3 is 3.04 bits per heavy atom. The second-order valence-electron chi connectivity index (χ2n) is 7.63. The minimum atomic E-state index is -0.413. The van der Waals surface area contributed by atoms with Crippen molar-refractivity contribution in [1.29, 1.82) is 0 Å². The third-order valence-electron chi connectivity index (χ3n) is 6.16. The lowest BCUT2D eigenvalue weighted by Gasteiger charge is -2.47. The van der Waals surface area contributed by atoms with Gasteiger partial charge in [0.05, 0.1) is 0 Å². The number of benzene rings is 1. The predicted octanol–water partition coefficient (Wildman–Crippen LogP) is 4.38. The van der Waals surface area contributed by atoms with E-state index in [-0.39, 0.29) is 5.82 Å². The van der Waals surface area contributed by atoms with Crippen LogP contribution in [0.3, 0.4) is 0 Å². The maximum atomic E-state index is 13.3. The molecule has 4 rings (SSSR count). The normalized spacial score (nSPS) is 25.9. The molecule has 1 saturated carbocycles. The van der Waals surface area contributed by atoms with E-state index in [1.165, 1.54) is 43.4 Å². The van der Waals surface area contributed by atoms with Crippen LogP contribution >= 0.6 is 0 Å². The van der Waals surface area contributed by atoms with Crippen LogP contribution in [-0.2, 0) is 6.42 Å². The van der Waals surface area contributed by atoms with Crippen molar-refractivity contribution in [1.82, 2.24) is 9.88 Å². The van der Waals surface area contributed by atoms with E-state index in [1.807, 2.05) is 12.3 Å². The van der Waals surface area contributed by atoms with Gasteiger partial charge >= 0.3 is 0 Å². The summed E-state index contributed by atoms with van der Waals surface area (Å²) in [6.07, 6.45) is 8.98. The molecule has 3 unspecified atom stereocenters. The van der Waals surface area contributed by atoms with Gasteiger partial charge in [-0.2, -0.15) is 0 Å². The molecule has 1 aliphatic heterocycles. The molecule has 134 valence electrons. The summed E-state index contributed by atoms with van der Waals surface area (Å²) in [5.74, 6) is 0.339. The van der Waals surface area contributed by atoms with Crippen LogP contribution in [0.15, 0.2) is 36.5 Å². The summed E-state index contributed by atoms with van der Waals surface area (Å²) < 4.78 is 13.3. The highest BCUT2D eigenvalue weighted by molar-refractivity contribution is 5.83. The molecule has 0 radical (unpaired) electrons. The Kier molecular flexibility index (Phi) is 4.65. The maximum absolute atomic E-state index is 13.3. The first-order valence-electron chi connectivity index (χ1n) is 9.50. The highest BCUT2D eigenvalue weighted by Crippen LogP contribution is 2.39. The molecule has 2 aliphatic rings. The number of aliphatic hydroxyl groups excluding tert-OH is 1. The maximum Gasteiger partial charge on any atom is 0.125 e. The molecule has 1 aliphatic carbocycles. The number of halogens is 1. The molecule has 2 N–H and O–H groups in total. The lowest BCUT2D eigenvalue weighted by molar-refractivity contribution is -0.0607. The Labute approximate surface area is 148 Å². The van der Waals surface area contributed by atoms with Crippen molar-refractivity contribution in [2.24, 2.45) is 5.92 Å². The first kappa shape index (κ1) is 16.8. The zero-order chi connectivity index (χ0) is 17.4. The second kappa shape index (κ2) is 6.93. The molecule has 1 aromatic carbocycles. The lowest BCUT2D eigenvalue weighted by Crippen LogP contribution is -2.52. The average Bonchev–Trinajstić information content (AvgIpc) is 3.02. The van der Waals surface area contributed by atoms with Crippen molar-refractivity contribution in [3.8, 4) is 0 Å². The molecule has 2 fully saturated rings. The van der Waals surface area contributed by atoms with Gasteiger partial charge in [0.2, 0.25) is 0 Å². The molecule has 0 bridgehead atoms. The third-order valence-corrected chi connectivity index (χ3v) is 6.16. The topological polar surface area (TPSA) is 39.3 Å². The standard InChI is InChI=1S/C21H27FN2O/c1-14-10-11-24(20-5-3-2-4-17(14)20)21(25)9-6-15-13-23-19-12-16(22)7-8-18(15)19/h7-8,12-13,17,20-21,23,25H,1-6,9-11H2. The fraction of sp³-hybridized carbons (Fsp3) is 0.524. The zero-order valence-corrected chi connectivity index (χ0v) is 14.7. The third kappa shape index (κ3) is 3.25. The van der Waals surface area contributed by atoms with E-state index in [2.05, 4.69) is 16.5 Å². The van der Waals surface area contributed by atoms with Crippen LogP contribution in [0.25, 0.3) is 10.9 Å². The monoisotopic (exact) mass is 342 g/mol. The van der Waals surface area contributed by atoms with Gasteiger partial charge < -0.3 is 10.1 Å². The van der Waals surface area contributed by atoms with Crippen molar-refractivity contribution in [2.75, 3.05) is 6.54 Å². The van der Waals surface area contributed by atoms with Gasteiger partial charge in [0.15, 0.2) is 0 Å². The fourth-order valence-corrected chi connectivity index (χ4v) is 4.79. The molecule has 1 aromatic heterocycles. The zero-order valence-electron chi connectivity index (χ0n) is 14.7. The molecule has 0 amide bonds. The lowest BCUT2D eigenvalue weighted by atomic mass is 9.75. The smallest absolute Gasteiger partial charge is 0.125 e. The quantitative estimate of drug-likeness (QED) is 0.810. The van der Waals surface area contributed by atoms with Crippen LogP contribution in [0.1, 0.15) is 44.1 Å². The number of nitrogens with one attached hydrogen (secondary N) is 1. The number of likely N-dealkylation sites (tertiary alicyclic amines) is 1. The molecule has 2 heterocycles. The molecule has 4 heteroatoms. The minimum absolute atomic E-state index is 0.224. The highest BCUT2D eigenvalue weighted by Gasteiger charge is 2.37. The van der Waals surface area contributed by atoms with E-state index in [0.29, 0.717) is 18.4 Å². The van der Waals surface area contributed by atoms with Crippen LogP contribution in [0.5, 0.6) is 0 Å². The van der Waals surface area contributed by atoms with Gasteiger partial charge in [-0.15, -0.1) is 0 Å². The summed E-state index contributed by atoms with van der Waals surface area (Å²) in [6.45, 7) is 5.19. The average molecular weight is 342 g/mol. The van der Waals surface area contributed by atoms with E-state index < -0.39 is 6.23 Å². The number of aromatic nitrogens is 1. The molecule has 2 aromatic rings. The first-order chi connectivity index (χ1) is 12.1. The van der Waals surface area contributed by atoms with E-state index in [0.717, 1.165) is 35.9 Å². The number of hydrogen-bond acceptors (Lipinski definition) is 2. The Bertz CT molecular complexity index is 768. The van der Waals surface area contributed by atoms with E-state index in [9.17, 15) is 9.50 Å². The van der Waals surface area contributed by atoms with Gasteiger partial charge in [-0.1, -0.05) is 25.0 Å². The number of aliphatic hydroxyl groups is 1. The molecule has 3 atom stereocenters. The molecular weight excluding hydrogens is 315 g/mol. The molecule has 25 heavy (non-hydrogen) atoms. The number of aromatic amines is 1. The number of rotatable bonds is 4. The van der Waals surface area contributed by atoms with Gasteiger partial charge in [0, 0.05) is 29.7 Å². The summed E-state index contributed by atoms with van der Waals surface area (Å²) in [7, 11) is 0. The first-order valence-corrected chi connectivity index (χ1v) is 9.50. The van der Waals surface area contributed by atoms with Gasteiger partial charge in [0.1, 0.15) is 12.0 Å². The summed E-state index contributed by atoms with van der Waals surface area (Å²) >= 11 is 0. The van der Waals surface area contributed by atoms with Crippen molar-refractivity contribution in [3.63, 3.8) is 0 Å². The van der Waals surface area contributed by atoms with Gasteiger partial charge in [-0.3, -0.25) is 4.90 Å². The van der Waals surface area contributed by atoms with E-state index in [1.54, 1.807) is 0 Å². The van der Waals surface area contributed by atoms with Crippen molar-refractivity contribution < 1.29 is 9.50 Å². The summed E-state index contributed by atoms with van der Waals surface area (Å²) in [5.41, 5.74) is 3.36. The minimum Gasteiger partial charge on any atom is -0.378 e. The summed E-state index contributed by atoms with van der Waals surface area (Å²) in [4.78, 5) is 5.45. The van der Waals surface area contributed by atoms with Crippen molar-refractivity contribution >= 4 is 10.9 Å². The van der Waals surface area contributed by atoms with Crippen LogP contribution in [0.4, 0.5) is 4.39 Å². The number of piperidine rings is 1. The van der Waals surface area contributed by atoms with E-state index >= 15 is 0 Å². The van der Waals surface area contributed by atoms with Gasteiger partial charge in [-0.25, -0.2) is 4.39 Å². The van der Waals surface area contributed by atoms with Crippen LogP contribution in [0, 0.1) is 11.7 Å². The number of aryl methyl sites for hydroxylation is 1. The van der Waals surface area contributed by atoms with Crippen LogP contribution in [-0.4, -0.2) is 33.8 Å². The summed E-state index contributed by atoms with van der Waals surface area (Å²) in [5, 5.41) is 11.9. The number of fused-ring (bicyclic) bond motifs is 2. The Hall–Kier alpha value is -1.65. The summed E-state index contributed by atoms with van der Waals surface area (Å²) in [6, 6.07) is 5.31. The van der Waals surface area contributed by atoms with Gasteiger partial charge in [0.25, 0.3) is 0 Å². The molecule has 3 nitrogen and oxygen atoms in total. The van der Waals surface area contributed by atoms with Crippen LogP contribution < -0.4 is 0 Å². The SMILES string of the molecule is C=C1CCN(C(O)CCc2c[nH]c3cc(F)ccc23)C2CCCCC12. The molecule has 0 spiro atoms. The van der Waals surface area contributed by atoms with E-state index in [4.69, 9.17) is 0 Å². The Morgan fingerprint density at radius 1 is 1.32 bits per heavy atom. The second-order valence-corrected chi connectivity index (χ2v) is 7.63. The van der Waals surface area contributed by atoms with Gasteiger partial charge in [-0.05, 0) is 61.8 Å². The predicted molar refractivity (Wildman–Crippen MR) is 98.8 cm³/mol. The Balaban J connectivity index is 1.44. The number of H-pyrrole nitrogens is 1. The molecular formula is C21H27FN2O. The fourth-order valence-electron chi connectivity index (χ4n) is 4.79. The molecule has 1 saturated heterocycles. The van der Waals surface area contributed by atoms with Crippen molar-refractivity contribution in [2.45, 2.75) is 57.2 Å². The number of nitrogens with zero attached hydrogens (tertiary/aromatic N) is 1. The largest absolute Gasteiger partial charge is 0.378 e. The Morgan fingerprint density at radius 2 is 2.16 bits per heavy atom. The van der Waals surface area contributed by atoms with Crippen molar-refractivity contribution in [3.05, 3.63) is 47.9 Å². The number of hydrogen-bond donors (Lipinski definition) is 2. The highest BCUT2D eigenvalue weighted by atomic mass is 19.1. The van der Waals surface area contributed by atoms with Crippen LogP contribution in [0.2, 0.25) is 0 Å².